The molecule has 0 unspecified atom stereocenters. The van der Waals surface area contributed by atoms with E-state index in [0.717, 1.165) is 24.6 Å². The van der Waals surface area contributed by atoms with Crippen LogP contribution in [0.2, 0.25) is 0 Å². The molecule has 0 aliphatic carbocycles. The minimum Gasteiger partial charge on any atom is -0.322 e. The Morgan fingerprint density at radius 3 is 2.67 bits per heavy atom. The minimum atomic E-state index is -0.0299. The van der Waals surface area contributed by atoms with Crippen LogP contribution in [0.15, 0.2) is 0 Å². The van der Waals surface area contributed by atoms with E-state index in [-0.39, 0.29) is 6.04 Å². The number of nitrogens with two attached hydrogens (primary N) is 1. The normalized spacial score (nSPS) is 13.3. The summed E-state index contributed by atoms with van der Waals surface area (Å²) in [6.07, 6.45) is 1.08. The molecule has 1 atom stereocenters. The Hall–Kier alpha value is -0.900. The lowest BCUT2D eigenvalue weighted by atomic mass is 10.3. The van der Waals surface area contributed by atoms with Crippen LogP contribution in [-0.2, 0) is 6.54 Å². The Labute approximate surface area is 72.8 Å². The average molecular weight is 168 g/mol. The van der Waals surface area contributed by atoms with Crippen molar-refractivity contribution in [3.8, 4) is 0 Å². The summed E-state index contributed by atoms with van der Waals surface area (Å²) in [6, 6.07) is -0.0299. The van der Waals surface area contributed by atoms with Gasteiger partial charge in [0.15, 0.2) is 0 Å². The standard InChI is InChI=1S/C8H16N4/c1-4-5-12-7(3)10-11-8(12)6(2)9/h6H,4-5,9H2,1-3H3/t6-/m1/s1. The molecule has 0 saturated carbocycles. The van der Waals surface area contributed by atoms with Gasteiger partial charge in [0.25, 0.3) is 0 Å². The van der Waals surface area contributed by atoms with Crippen LogP contribution < -0.4 is 5.73 Å². The summed E-state index contributed by atoms with van der Waals surface area (Å²) in [5.74, 6) is 1.83. The highest BCUT2D eigenvalue weighted by Crippen LogP contribution is 2.08. The van der Waals surface area contributed by atoms with Gasteiger partial charge in [-0.1, -0.05) is 6.92 Å². The summed E-state index contributed by atoms with van der Waals surface area (Å²) in [7, 11) is 0. The molecule has 1 aromatic heterocycles. The third-order valence-corrected chi connectivity index (χ3v) is 1.82. The summed E-state index contributed by atoms with van der Waals surface area (Å²) < 4.78 is 2.07. The maximum absolute atomic E-state index is 5.73. The van der Waals surface area contributed by atoms with E-state index in [1.165, 1.54) is 0 Å². The van der Waals surface area contributed by atoms with Crippen LogP contribution in [0, 0.1) is 6.92 Å². The van der Waals surface area contributed by atoms with Gasteiger partial charge in [-0.05, 0) is 20.3 Å². The predicted octanol–water partition coefficient (Wildman–Crippen LogP) is 1.02. The summed E-state index contributed by atoms with van der Waals surface area (Å²) in [5.41, 5.74) is 5.73. The number of hydrogen-bond donors (Lipinski definition) is 1. The van der Waals surface area contributed by atoms with Gasteiger partial charge >= 0.3 is 0 Å². The van der Waals surface area contributed by atoms with Crippen molar-refractivity contribution in [2.24, 2.45) is 5.73 Å². The fraction of sp³-hybridized carbons (Fsp3) is 0.750. The number of hydrogen-bond acceptors (Lipinski definition) is 3. The van der Waals surface area contributed by atoms with Crippen molar-refractivity contribution >= 4 is 0 Å². The van der Waals surface area contributed by atoms with Crippen LogP contribution in [0.3, 0.4) is 0 Å². The molecule has 2 N–H and O–H groups in total. The smallest absolute Gasteiger partial charge is 0.149 e. The Morgan fingerprint density at radius 1 is 1.50 bits per heavy atom. The fourth-order valence-corrected chi connectivity index (χ4v) is 1.23. The minimum absolute atomic E-state index is 0.0299. The van der Waals surface area contributed by atoms with Gasteiger partial charge in [0.2, 0.25) is 0 Å². The third kappa shape index (κ3) is 1.64. The molecular formula is C8H16N4. The first-order valence-corrected chi connectivity index (χ1v) is 4.32. The zero-order valence-corrected chi connectivity index (χ0v) is 7.91. The maximum Gasteiger partial charge on any atom is 0.149 e. The van der Waals surface area contributed by atoms with Crippen molar-refractivity contribution in [1.82, 2.24) is 14.8 Å². The summed E-state index contributed by atoms with van der Waals surface area (Å²) in [4.78, 5) is 0. The second kappa shape index (κ2) is 3.67. The SMILES string of the molecule is CCCn1c(C)nnc1[C@@H](C)N. The van der Waals surface area contributed by atoms with Crippen molar-refractivity contribution in [2.75, 3.05) is 0 Å². The third-order valence-electron chi connectivity index (χ3n) is 1.82. The second-order valence-corrected chi connectivity index (χ2v) is 3.05. The zero-order chi connectivity index (χ0) is 9.14. The first-order chi connectivity index (χ1) is 5.66. The van der Waals surface area contributed by atoms with E-state index in [9.17, 15) is 0 Å². The second-order valence-electron chi connectivity index (χ2n) is 3.05. The largest absolute Gasteiger partial charge is 0.322 e. The van der Waals surface area contributed by atoms with E-state index >= 15 is 0 Å². The zero-order valence-electron chi connectivity index (χ0n) is 7.91. The van der Waals surface area contributed by atoms with E-state index in [4.69, 9.17) is 5.73 Å². The number of nitrogens with zero attached hydrogens (tertiary/aromatic N) is 3. The molecule has 0 bridgehead atoms. The summed E-state index contributed by atoms with van der Waals surface area (Å²) in [5, 5.41) is 8.01. The molecule has 4 nitrogen and oxygen atoms in total. The number of rotatable bonds is 3. The van der Waals surface area contributed by atoms with Crippen LogP contribution in [0.5, 0.6) is 0 Å². The highest BCUT2D eigenvalue weighted by molar-refractivity contribution is 4.97. The van der Waals surface area contributed by atoms with Gasteiger partial charge in [0.05, 0.1) is 6.04 Å². The quantitative estimate of drug-likeness (QED) is 0.733. The van der Waals surface area contributed by atoms with Crippen molar-refractivity contribution in [1.29, 1.82) is 0 Å². The van der Waals surface area contributed by atoms with Crippen LogP contribution in [0.25, 0.3) is 0 Å². The number of aryl methyl sites for hydroxylation is 1. The molecule has 1 rings (SSSR count). The van der Waals surface area contributed by atoms with Crippen molar-refractivity contribution in [2.45, 2.75) is 39.8 Å². The predicted molar refractivity (Wildman–Crippen MR) is 47.7 cm³/mol. The van der Waals surface area contributed by atoms with Crippen molar-refractivity contribution in [3.63, 3.8) is 0 Å². The molecule has 0 aliphatic heterocycles. The maximum atomic E-state index is 5.73. The molecule has 0 spiro atoms. The molecule has 68 valence electrons. The van der Waals surface area contributed by atoms with Gasteiger partial charge in [-0.2, -0.15) is 0 Å². The first-order valence-electron chi connectivity index (χ1n) is 4.32. The molecule has 1 heterocycles. The van der Waals surface area contributed by atoms with Gasteiger partial charge in [0, 0.05) is 6.54 Å². The molecule has 4 heteroatoms. The summed E-state index contributed by atoms with van der Waals surface area (Å²) >= 11 is 0. The lowest BCUT2D eigenvalue weighted by molar-refractivity contribution is 0.589. The summed E-state index contributed by atoms with van der Waals surface area (Å²) in [6.45, 7) is 6.96. The van der Waals surface area contributed by atoms with Crippen LogP contribution >= 0.6 is 0 Å². The van der Waals surface area contributed by atoms with Gasteiger partial charge in [-0.25, -0.2) is 0 Å². The average Bonchev–Trinajstić information content (AvgIpc) is 2.34. The lowest BCUT2D eigenvalue weighted by Crippen LogP contribution is -2.14. The van der Waals surface area contributed by atoms with E-state index in [1.54, 1.807) is 0 Å². The molecule has 1 aromatic rings. The van der Waals surface area contributed by atoms with Crippen molar-refractivity contribution < 1.29 is 0 Å². The van der Waals surface area contributed by atoms with Gasteiger partial charge in [-0.3, -0.25) is 0 Å². The lowest BCUT2D eigenvalue weighted by Gasteiger charge is -2.08. The molecule has 0 radical (unpaired) electrons. The molecule has 0 fully saturated rings. The van der Waals surface area contributed by atoms with Crippen molar-refractivity contribution in [3.05, 3.63) is 11.6 Å². The van der Waals surface area contributed by atoms with E-state index in [0.29, 0.717) is 0 Å². The van der Waals surface area contributed by atoms with Crippen LogP contribution in [0.4, 0.5) is 0 Å². The van der Waals surface area contributed by atoms with E-state index in [2.05, 4.69) is 21.7 Å². The van der Waals surface area contributed by atoms with E-state index in [1.807, 2.05) is 13.8 Å². The molecule has 0 aliphatic rings. The van der Waals surface area contributed by atoms with Crippen LogP contribution in [-0.4, -0.2) is 14.8 Å². The Balaban J connectivity index is 2.95. The Kier molecular flexibility index (Phi) is 2.81. The first kappa shape index (κ1) is 9.19. The highest BCUT2D eigenvalue weighted by Gasteiger charge is 2.10. The fourth-order valence-electron chi connectivity index (χ4n) is 1.23. The molecule has 0 saturated heterocycles. The van der Waals surface area contributed by atoms with Crippen LogP contribution in [0.1, 0.15) is 38.0 Å². The molecule has 0 amide bonds. The number of aromatic nitrogens is 3. The van der Waals surface area contributed by atoms with E-state index < -0.39 is 0 Å². The Morgan fingerprint density at radius 2 is 2.17 bits per heavy atom. The van der Waals surface area contributed by atoms with Gasteiger partial charge in [0.1, 0.15) is 11.6 Å². The van der Waals surface area contributed by atoms with Gasteiger partial charge in [-0.15, -0.1) is 10.2 Å². The van der Waals surface area contributed by atoms with Gasteiger partial charge < -0.3 is 10.3 Å². The molecule has 12 heavy (non-hydrogen) atoms. The molecular weight excluding hydrogens is 152 g/mol. The molecule has 0 aromatic carbocycles. The highest BCUT2D eigenvalue weighted by atomic mass is 15.3. The monoisotopic (exact) mass is 168 g/mol. The topological polar surface area (TPSA) is 56.7 Å². The Bertz CT molecular complexity index is 252.